The zero-order chi connectivity index (χ0) is 27.8. The van der Waals surface area contributed by atoms with Crippen LogP contribution in [0.25, 0.3) is 10.9 Å². The molecule has 7 rings (SSSR count). The average Bonchev–Trinajstić information content (AvgIpc) is 3.64. The van der Waals surface area contributed by atoms with Crippen molar-refractivity contribution < 1.29 is 23.9 Å². The van der Waals surface area contributed by atoms with Gasteiger partial charge in [0, 0.05) is 35.6 Å². The molecule has 1 spiro atoms. The molecule has 4 atom stereocenters. The molecule has 2 saturated heterocycles. The third-order valence-corrected chi connectivity index (χ3v) is 8.49. The zero-order valence-corrected chi connectivity index (χ0v) is 22.0. The standard InChI is InChI=1S/C30H23ClN4O5/c1-15(36)40-18-11-9-17(10-12-18)35-27(37)24-23(13-16-14-32-22-8-3-2-5-19(16)22)34-30(25(24)28(35)38)20-6-4-7-21(31)26(20)33-29(30)39/h2-12,14,23-25,32,34H,13H2,1H3,(H,33,39)/t23?,24-,25+,30?/m1/s1. The van der Waals surface area contributed by atoms with Crippen LogP contribution in [0.5, 0.6) is 5.75 Å². The van der Waals surface area contributed by atoms with Gasteiger partial charge in [0.1, 0.15) is 11.3 Å². The fourth-order valence-electron chi connectivity index (χ4n) is 6.59. The van der Waals surface area contributed by atoms with Crippen molar-refractivity contribution in [1.82, 2.24) is 10.3 Å². The summed E-state index contributed by atoms with van der Waals surface area (Å²) >= 11 is 6.45. The van der Waals surface area contributed by atoms with Crippen molar-refractivity contribution in [3.8, 4) is 5.75 Å². The lowest BCUT2D eigenvalue weighted by atomic mass is 9.76. The van der Waals surface area contributed by atoms with Crippen LogP contribution in [0.1, 0.15) is 18.1 Å². The first-order valence-electron chi connectivity index (χ1n) is 12.9. The van der Waals surface area contributed by atoms with E-state index in [0.717, 1.165) is 21.4 Å². The molecule has 0 aliphatic carbocycles. The fraction of sp³-hybridized carbons (Fsp3) is 0.200. The minimum Gasteiger partial charge on any atom is -0.427 e. The van der Waals surface area contributed by atoms with Gasteiger partial charge in [-0.2, -0.15) is 0 Å². The number of H-pyrrole nitrogens is 1. The summed E-state index contributed by atoms with van der Waals surface area (Å²) in [6.07, 6.45) is 2.31. The van der Waals surface area contributed by atoms with Crippen LogP contribution < -0.4 is 20.3 Å². The number of fused-ring (bicyclic) bond motifs is 5. The van der Waals surface area contributed by atoms with Crippen LogP contribution >= 0.6 is 11.6 Å². The first-order chi connectivity index (χ1) is 19.3. The lowest BCUT2D eigenvalue weighted by Gasteiger charge is -2.29. The van der Waals surface area contributed by atoms with Gasteiger partial charge in [-0.05, 0) is 48.4 Å². The largest absolute Gasteiger partial charge is 0.427 e. The molecule has 1 aromatic heterocycles. The number of aromatic nitrogens is 1. The second kappa shape index (κ2) is 8.77. The fourth-order valence-corrected chi connectivity index (χ4v) is 6.81. The van der Waals surface area contributed by atoms with Gasteiger partial charge in [0.15, 0.2) is 0 Å². The van der Waals surface area contributed by atoms with E-state index in [2.05, 4.69) is 15.6 Å². The van der Waals surface area contributed by atoms with Gasteiger partial charge in [-0.15, -0.1) is 0 Å². The van der Waals surface area contributed by atoms with Gasteiger partial charge < -0.3 is 15.0 Å². The Balaban J connectivity index is 1.34. The van der Waals surface area contributed by atoms with Crippen molar-refractivity contribution >= 4 is 57.6 Å². The summed E-state index contributed by atoms with van der Waals surface area (Å²) in [6.45, 7) is 1.29. The number of benzene rings is 3. The number of esters is 1. The van der Waals surface area contributed by atoms with Crippen LogP contribution in [-0.4, -0.2) is 34.7 Å². The Hall–Kier alpha value is -4.47. The molecule has 3 aliphatic rings. The van der Waals surface area contributed by atoms with Crippen molar-refractivity contribution in [3.63, 3.8) is 0 Å². The summed E-state index contributed by atoms with van der Waals surface area (Å²) in [7, 11) is 0. The second-order valence-electron chi connectivity index (χ2n) is 10.3. The van der Waals surface area contributed by atoms with Crippen molar-refractivity contribution in [2.45, 2.75) is 24.9 Å². The summed E-state index contributed by atoms with van der Waals surface area (Å²) in [5, 5.41) is 7.69. The molecule has 3 aromatic carbocycles. The molecular formula is C30H23ClN4O5. The van der Waals surface area contributed by atoms with Crippen molar-refractivity contribution in [2.75, 3.05) is 10.2 Å². The van der Waals surface area contributed by atoms with E-state index in [1.54, 1.807) is 30.3 Å². The molecule has 9 nitrogen and oxygen atoms in total. The van der Waals surface area contributed by atoms with Crippen LogP contribution in [0, 0.1) is 11.8 Å². The number of rotatable bonds is 4. The molecule has 4 heterocycles. The van der Waals surface area contributed by atoms with Crippen LogP contribution in [0.2, 0.25) is 5.02 Å². The highest BCUT2D eigenvalue weighted by Crippen LogP contribution is 2.55. The Morgan fingerprint density at radius 3 is 2.55 bits per heavy atom. The Labute approximate surface area is 233 Å². The number of halogens is 1. The molecule has 0 saturated carbocycles. The first-order valence-corrected chi connectivity index (χ1v) is 13.3. The number of nitrogens with one attached hydrogen (secondary N) is 3. The van der Waals surface area contributed by atoms with E-state index < -0.39 is 47.1 Å². The van der Waals surface area contributed by atoms with Crippen LogP contribution in [0.3, 0.4) is 0 Å². The van der Waals surface area contributed by atoms with Crippen molar-refractivity contribution in [1.29, 1.82) is 0 Å². The predicted molar refractivity (Wildman–Crippen MR) is 148 cm³/mol. The molecule has 3 amide bonds. The summed E-state index contributed by atoms with van der Waals surface area (Å²) < 4.78 is 5.11. The number of aromatic amines is 1. The topological polar surface area (TPSA) is 121 Å². The highest BCUT2D eigenvalue weighted by Gasteiger charge is 2.70. The van der Waals surface area contributed by atoms with E-state index in [4.69, 9.17) is 16.3 Å². The highest BCUT2D eigenvalue weighted by molar-refractivity contribution is 6.35. The Morgan fingerprint density at radius 2 is 1.77 bits per heavy atom. The van der Waals surface area contributed by atoms with Gasteiger partial charge in [0.25, 0.3) is 0 Å². The maximum Gasteiger partial charge on any atom is 0.308 e. The van der Waals surface area contributed by atoms with E-state index >= 15 is 0 Å². The molecule has 0 bridgehead atoms. The predicted octanol–water partition coefficient (Wildman–Crippen LogP) is 3.91. The van der Waals surface area contributed by atoms with E-state index in [-0.39, 0.29) is 0 Å². The van der Waals surface area contributed by atoms with E-state index in [1.807, 2.05) is 30.5 Å². The number of carbonyl (C=O) groups excluding carboxylic acids is 4. The summed E-state index contributed by atoms with van der Waals surface area (Å²) in [5.41, 5.74) is 1.79. The molecule has 3 N–H and O–H groups in total. The van der Waals surface area contributed by atoms with E-state index in [1.165, 1.54) is 19.1 Å². The molecule has 40 heavy (non-hydrogen) atoms. The molecular weight excluding hydrogens is 532 g/mol. The number of nitrogens with zero attached hydrogens (tertiary/aromatic N) is 1. The molecule has 200 valence electrons. The van der Waals surface area contributed by atoms with Gasteiger partial charge in [-0.25, -0.2) is 4.90 Å². The second-order valence-corrected chi connectivity index (χ2v) is 10.7. The molecule has 0 radical (unpaired) electrons. The lowest BCUT2D eigenvalue weighted by Crippen LogP contribution is -2.53. The number of anilines is 2. The van der Waals surface area contributed by atoms with Gasteiger partial charge in [0.05, 0.1) is 28.2 Å². The quantitative estimate of drug-likeness (QED) is 0.200. The summed E-state index contributed by atoms with van der Waals surface area (Å²) in [4.78, 5) is 57.8. The van der Waals surface area contributed by atoms with Crippen LogP contribution in [-0.2, 0) is 31.1 Å². The number of para-hydroxylation sites is 2. The van der Waals surface area contributed by atoms with Crippen LogP contribution in [0.4, 0.5) is 11.4 Å². The number of hydrogen-bond acceptors (Lipinski definition) is 6. The number of ether oxygens (including phenoxy) is 1. The summed E-state index contributed by atoms with van der Waals surface area (Å²) in [5.74, 6) is -3.29. The van der Waals surface area contributed by atoms with Crippen molar-refractivity contribution in [2.24, 2.45) is 11.8 Å². The van der Waals surface area contributed by atoms with Gasteiger partial charge in [-0.1, -0.05) is 41.9 Å². The Kier molecular flexibility index (Phi) is 5.39. The smallest absolute Gasteiger partial charge is 0.308 e. The minimum atomic E-state index is -1.47. The number of amides is 3. The lowest BCUT2D eigenvalue weighted by molar-refractivity contribution is -0.132. The third kappa shape index (κ3) is 3.38. The Morgan fingerprint density at radius 1 is 1.00 bits per heavy atom. The number of hydrogen-bond donors (Lipinski definition) is 3. The third-order valence-electron chi connectivity index (χ3n) is 8.17. The SMILES string of the molecule is CC(=O)Oc1ccc(N2C(=O)[C@@H]3C(Cc4c[nH]c5ccccc45)NC4(C(=O)Nc5c(Cl)cccc54)[C@@H]3C2=O)cc1. The zero-order valence-electron chi connectivity index (χ0n) is 21.2. The maximum absolute atomic E-state index is 14.2. The average molecular weight is 555 g/mol. The maximum atomic E-state index is 14.2. The Bertz CT molecular complexity index is 1750. The normalized spacial score (nSPS) is 25.0. The van der Waals surface area contributed by atoms with Crippen LogP contribution in [0.15, 0.2) is 72.9 Å². The first kappa shape index (κ1) is 24.6. The number of imide groups is 1. The number of carbonyl (C=O) groups is 4. The molecule has 2 unspecified atom stereocenters. The molecule has 2 fully saturated rings. The molecule has 10 heteroatoms. The minimum absolute atomic E-state index is 0.296. The van der Waals surface area contributed by atoms with Gasteiger partial charge in [0.2, 0.25) is 17.7 Å². The monoisotopic (exact) mass is 554 g/mol. The molecule has 4 aromatic rings. The summed E-state index contributed by atoms with van der Waals surface area (Å²) in [6, 6.07) is 18.7. The van der Waals surface area contributed by atoms with Crippen molar-refractivity contribution in [3.05, 3.63) is 89.1 Å². The van der Waals surface area contributed by atoms with Gasteiger partial charge in [-0.3, -0.25) is 24.5 Å². The van der Waals surface area contributed by atoms with E-state index in [0.29, 0.717) is 34.1 Å². The van der Waals surface area contributed by atoms with Gasteiger partial charge >= 0.3 is 5.97 Å². The van der Waals surface area contributed by atoms with E-state index in [9.17, 15) is 19.2 Å². The highest BCUT2D eigenvalue weighted by atomic mass is 35.5. The molecule has 3 aliphatic heterocycles.